The lowest BCUT2D eigenvalue weighted by Crippen LogP contribution is -2.41. The highest BCUT2D eigenvalue weighted by atomic mass is 32.2. The highest BCUT2D eigenvalue weighted by molar-refractivity contribution is 8.26. The van der Waals surface area contributed by atoms with E-state index >= 15 is 0 Å². The van der Waals surface area contributed by atoms with Crippen LogP contribution in [0, 0.1) is 5.92 Å². The van der Waals surface area contributed by atoms with Crippen molar-refractivity contribution in [3.8, 4) is 17.1 Å². The number of carbonyl (C=O) groups is 2. The molecule has 1 aromatic carbocycles. The summed E-state index contributed by atoms with van der Waals surface area (Å²) in [4.78, 5) is 26.4. The summed E-state index contributed by atoms with van der Waals surface area (Å²) in [5.41, 5.74) is 0.931. The minimum atomic E-state index is -0.758. The number of amides is 1. The van der Waals surface area contributed by atoms with Crippen LogP contribution >= 0.6 is 24.0 Å². The molecule has 0 bridgehead atoms. The largest absolute Gasteiger partial charge is 0.494 e. The van der Waals surface area contributed by atoms with Crippen molar-refractivity contribution >= 4 is 46.3 Å². The highest BCUT2D eigenvalue weighted by Gasteiger charge is 2.39. The van der Waals surface area contributed by atoms with Gasteiger partial charge in [0.15, 0.2) is 0 Å². The number of hydrogen-bond acceptors (Lipinski definition) is 6. The van der Waals surface area contributed by atoms with Crippen molar-refractivity contribution in [3.05, 3.63) is 47.1 Å². The lowest BCUT2D eigenvalue weighted by Gasteiger charge is -2.32. The number of carboxylic acids is 1. The van der Waals surface area contributed by atoms with E-state index in [1.54, 1.807) is 11.0 Å². The Morgan fingerprint density at radius 1 is 1.21 bits per heavy atom. The maximum atomic E-state index is 13.0. The SMILES string of the molecule is CCCCOc1ccc(-c2ccc(C=C3SC(=S)N(C4CCC(C(=O)O)CC4)C3=O)o2)cc1. The van der Waals surface area contributed by atoms with Gasteiger partial charge in [-0.05, 0) is 68.5 Å². The molecule has 1 aliphatic carbocycles. The van der Waals surface area contributed by atoms with E-state index in [0.29, 0.717) is 53.0 Å². The first kappa shape index (κ1) is 23.6. The molecule has 0 atom stereocenters. The number of carbonyl (C=O) groups excluding carboxylic acids is 1. The molecule has 4 rings (SSSR count). The van der Waals surface area contributed by atoms with Gasteiger partial charge in [-0.3, -0.25) is 14.5 Å². The van der Waals surface area contributed by atoms with Gasteiger partial charge in [-0.25, -0.2) is 0 Å². The zero-order valence-corrected chi connectivity index (χ0v) is 20.1. The molecule has 2 fully saturated rings. The lowest BCUT2D eigenvalue weighted by atomic mass is 9.85. The number of nitrogens with zero attached hydrogens (tertiary/aromatic N) is 1. The quantitative estimate of drug-likeness (QED) is 0.280. The van der Waals surface area contributed by atoms with E-state index in [-0.39, 0.29) is 17.9 Å². The summed E-state index contributed by atoms with van der Waals surface area (Å²) >= 11 is 6.74. The highest BCUT2D eigenvalue weighted by Crippen LogP contribution is 2.39. The van der Waals surface area contributed by atoms with Crippen molar-refractivity contribution in [1.82, 2.24) is 4.90 Å². The summed E-state index contributed by atoms with van der Waals surface area (Å²) < 4.78 is 12.2. The molecule has 2 aromatic rings. The van der Waals surface area contributed by atoms with Crippen molar-refractivity contribution < 1.29 is 23.8 Å². The Kier molecular flexibility index (Phi) is 7.55. The Hall–Kier alpha value is -2.58. The molecule has 2 aliphatic rings. The van der Waals surface area contributed by atoms with Crippen LogP contribution in [-0.4, -0.2) is 38.9 Å². The van der Waals surface area contributed by atoms with Crippen LogP contribution in [0.3, 0.4) is 0 Å². The lowest BCUT2D eigenvalue weighted by molar-refractivity contribution is -0.143. The first-order chi connectivity index (χ1) is 16.0. The van der Waals surface area contributed by atoms with E-state index < -0.39 is 5.97 Å². The number of hydrogen-bond donors (Lipinski definition) is 1. The molecular formula is C25H27NO5S2. The molecule has 33 heavy (non-hydrogen) atoms. The van der Waals surface area contributed by atoms with E-state index in [4.69, 9.17) is 21.4 Å². The molecule has 1 aromatic heterocycles. The zero-order valence-electron chi connectivity index (χ0n) is 18.5. The van der Waals surface area contributed by atoms with Gasteiger partial charge in [0.2, 0.25) is 0 Å². The van der Waals surface area contributed by atoms with Crippen LogP contribution in [0.25, 0.3) is 17.4 Å². The third kappa shape index (κ3) is 5.50. The second-order valence-corrected chi connectivity index (χ2v) is 10.00. The fourth-order valence-corrected chi connectivity index (χ4v) is 5.52. The number of thioether (sulfide) groups is 1. The molecule has 0 spiro atoms. The minimum absolute atomic E-state index is 0.0378. The third-order valence-electron chi connectivity index (χ3n) is 6.04. The van der Waals surface area contributed by atoms with Crippen LogP contribution in [-0.2, 0) is 9.59 Å². The van der Waals surface area contributed by atoms with Gasteiger partial charge in [0.1, 0.15) is 21.6 Å². The zero-order chi connectivity index (χ0) is 23.4. The number of carboxylic acid groups (broad SMARTS) is 1. The van der Waals surface area contributed by atoms with Crippen molar-refractivity contribution in [3.63, 3.8) is 0 Å². The molecule has 174 valence electrons. The van der Waals surface area contributed by atoms with Crippen LogP contribution in [0.15, 0.2) is 45.7 Å². The number of aliphatic carboxylic acids is 1. The number of furan rings is 1. The van der Waals surface area contributed by atoms with Gasteiger partial charge in [0.05, 0.1) is 17.4 Å². The van der Waals surface area contributed by atoms with Gasteiger partial charge < -0.3 is 14.3 Å². The fraction of sp³-hybridized carbons (Fsp3) is 0.400. The maximum absolute atomic E-state index is 13.0. The minimum Gasteiger partial charge on any atom is -0.494 e. The molecule has 1 saturated carbocycles. The first-order valence-corrected chi connectivity index (χ1v) is 12.5. The van der Waals surface area contributed by atoms with Gasteiger partial charge in [-0.15, -0.1) is 0 Å². The molecule has 1 saturated heterocycles. The average molecular weight is 486 g/mol. The van der Waals surface area contributed by atoms with E-state index in [1.807, 2.05) is 36.4 Å². The predicted molar refractivity (Wildman–Crippen MR) is 133 cm³/mol. The van der Waals surface area contributed by atoms with Crippen LogP contribution in [0.4, 0.5) is 0 Å². The normalized spacial score (nSPS) is 22.2. The number of benzene rings is 1. The van der Waals surface area contributed by atoms with Gasteiger partial charge in [-0.1, -0.05) is 37.3 Å². The summed E-state index contributed by atoms with van der Waals surface area (Å²) in [7, 11) is 0. The van der Waals surface area contributed by atoms with Gasteiger partial charge in [-0.2, -0.15) is 0 Å². The Balaban J connectivity index is 1.41. The molecule has 0 radical (unpaired) electrons. The Bertz CT molecular complexity index is 1050. The van der Waals surface area contributed by atoms with E-state index in [2.05, 4.69) is 6.92 Å². The van der Waals surface area contributed by atoms with Gasteiger partial charge in [0, 0.05) is 17.7 Å². The third-order valence-corrected chi connectivity index (χ3v) is 7.37. The second kappa shape index (κ2) is 10.6. The van der Waals surface area contributed by atoms with Gasteiger partial charge >= 0.3 is 5.97 Å². The summed E-state index contributed by atoms with van der Waals surface area (Å²) in [6, 6.07) is 11.4. The summed E-state index contributed by atoms with van der Waals surface area (Å²) in [6.07, 6.45) is 6.30. The number of unbranched alkanes of at least 4 members (excludes halogenated alkanes) is 1. The monoisotopic (exact) mass is 485 g/mol. The second-order valence-electron chi connectivity index (χ2n) is 8.32. The molecule has 1 aliphatic heterocycles. The van der Waals surface area contributed by atoms with Crippen molar-refractivity contribution in [1.29, 1.82) is 0 Å². The number of rotatable bonds is 8. The summed E-state index contributed by atoms with van der Waals surface area (Å²) in [5, 5.41) is 9.21. The average Bonchev–Trinajstić information content (AvgIpc) is 3.39. The summed E-state index contributed by atoms with van der Waals surface area (Å²) in [6.45, 7) is 2.84. The fourth-order valence-electron chi connectivity index (χ4n) is 4.14. The number of thiocarbonyl (C=S) groups is 1. The Morgan fingerprint density at radius 3 is 2.61 bits per heavy atom. The molecular weight excluding hydrogens is 458 g/mol. The van der Waals surface area contributed by atoms with Crippen molar-refractivity contribution in [2.24, 2.45) is 5.92 Å². The summed E-state index contributed by atoms with van der Waals surface area (Å²) in [5.74, 6) is 0.919. The maximum Gasteiger partial charge on any atom is 0.306 e. The Morgan fingerprint density at radius 2 is 1.94 bits per heavy atom. The Labute approximate surface area is 203 Å². The van der Waals surface area contributed by atoms with E-state index in [9.17, 15) is 14.7 Å². The van der Waals surface area contributed by atoms with Crippen LogP contribution in [0.2, 0.25) is 0 Å². The van der Waals surface area contributed by atoms with E-state index in [0.717, 1.165) is 24.2 Å². The van der Waals surface area contributed by atoms with Crippen LogP contribution in [0.1, 0.15) is 51.2 Å². The topological polar surface area (TPSA) is 80.0 Å². The standard InChI is InChI=1S/C25H27NO5S2/c1-2-3-14-30-19-10-6-16(7-11-19)21-13-12-20(31-21)15-22-23(27)26(25(32)33-22)18-8-4-17(5-9-18)24(28)29/h6-7,10-13,15,17-18H,2-5,8-9,14H2,1H3,(H,28,29). The van der Waals surface area contributed by atoms with Gasteiger partial charge in [0.25, 0.3) is 5.91 Å². The molecule has 6 nitrogen and oxygen atoms in total. The van der Waals surface area contributed by atoms with E-state index in [1.165, 1.54) is 11.8 Å². The van der Waals surface area contributed by atoms with Crippen molar-refractivity contribution in [2.45, 2.75) is 51.5 Å². The molecule has 1 amide bonds. The molecule has 8 heteroatoms. The van der Waals surface area contributed by atoms with Crippen molar-refractivity contribution in [2.75, 3.05) is 6.61 Å². The van der Waals surface area contributed by atoms with Crippen LogP contribution < -0.4 is 4.74 Å². The predicted octanol–water partition coefficient (Wildman–Crippen LogP) is 5.97. The van der Waals surface area contributed by atoms with Crippen LogP contribution in [0.5, 0.6) is 5.75 Å². The smallest absolute Gasteiger partial charge is 0.306 e. The first-order valence-electron chi connectivity index (χ1n) is 11.3. The molecule has 1 N–H and O–H groups in total. The number of ether oxygens (including phenoxy) is 1. The molecule has 0 unspecified atom stereocenters. The molecule has 2 heterocycles.